The van der Waals surface area contributed by atoms with Crippen molar-refractivity contribution in [2.45, 2.75) is 26.7 Å². The maximum absolute atomic E-state index is 12.6. The van der Waals surface area contributed by atoms with Gasteiger partial charge in [0.2, 0.25) is 5.95 Å². The summed E-state index contributed by atoms with van der Waals surface area (Å²) in [6.07, 6.45) is 1.23. The summed E-state index contributed by atoms with van der Waals surface area (Å²) < 4.78 is 4.77. The summed E-state index contributed by atoms with van der Waals surface area (Å²) in [5.41, 5.74) is 2.11. The third-order valence-electron chi connectivity index (χ3n) is 4.24. The summed E-state index contributed by atoms with van der Waals surface area (Å²) >= 11 is 1.33. The molecule has 0 saturated carbocycles. The Balaban J connectivity index is 1.62. The molecule has 138 valence electrons. The van der Waals surface area contributed by atoms with Gasteiger partial charge in [0.15, 0.2) is 5.13 Å². The van der Waals surface area contributed by atoms with Crippen LogP contribution in [-0.4, -0.2) is 51.9 Å². The molecule has 1 saturated heterocycles. The van der Waals surface area contributed by atoms with Gasteiger partial charge in [0.25, 0.3) is 5.91 Å². The van der Waals surface area contributed by atoms with Crippen LogP contribution in [0.5, 0.6) is 0 Å². The normalized spacial score (nSPS) is 15.0. The first-order valence-electron chi connectivity index (χ1n) is 8.38. The largest absolute Gasteiger partial charge is 0.469 e. The number of esters is 1. The Morgan fingerprint density at radius 3 is 2.46 bits per heavy atom. The fourth-order valence-electron chi connectivity index (χ4n) is 2.95. The van der Waals surface area contributed by atoms with Crippen LogP contribution in [0.25, 0.3) is 0 Å². The quantitative estimate of drug-likeness (QED) is 0.819. The standard InChI is InChI=1S/C17H21N5O3S/c1-10-8-11(2)19-16(18-10)21-17-20-13(9-26-17)14(23)22-6-4-12(5-7-22)15(24)25-3/h8-9,12H,4-7H2,1-3H3,(H,18,19,20,21). The van der Waals surface area contributed by atoms with Crippen molar-refractivity contribution in [2.75, 3.05) is 25.5 Å². The third kappa shape index (κ3) is 4.16. The van der Waals surface area contributed by atoms with E-state index >= 15 is 0 Å². The fraction of sp³-hybridized carbons (Fsp3) is 0.471. The molecule has 3 heterocycles. The summed E-state index contributed by atoms with van der Waals surface area (Å²) in [6, 6.07) is 1.89. The highest BCUT2D eigenvalue weighted by Crippen LogP contribution is 2.23. The molecule has 0 atom stereocenters. The van der Waals surface area contributed by atoms with E-state index in [1.54, 1.807) is 10.3 Å². The molecule has 0 unspecified atom stereocenters. The van der Waals surface area contributed by atoms with Gasteiger partial charge in [-0.2, -0.15) is 0 Å². The Bertz CT molecular complexity index is 794. The number of piperidine rings is 1. The lowest BCUT2D eigenvalue weighted by Crippen LogP contribution is -2.40. The van der Waals surface area contributed by atoms with Gasteiger partial charge in [0.05, 0.1) is 13.0 Å². The molecule has 8 nitrogen and oxygen atoms in total. The van der Waals surface area contributed by atoms with E-state index in [0.29, 0.717) is 42.7 Å². The van der Waals surface area contributed by atoms with Crippen LogP contribution in [0.1, 0.15) is 34.7 Å². The van der Waals surface area contributed by atoms with Crippen LogP contribution in [0.3, 0.4) is 0 Å². The maximum atomic E-state index is 12.6. The molecule has 0 aromatic carbocycles. The first kappa shape index (κ1) is 18.2. The zero-order valence-electron chi connectivity index (χ0n) is 15.0. The van der Waals surface area contributed by atoms with Gasteiger partial charge in [0, 0.05) is 29.9 Å². The first-order valence-corrected chi connectivity index (χ1v) is 9.26. The van der Waals surface area contributed by atoms with Gasteiger partial charge in [-0.1, -0.05) is 0 Å². The second kappa shape index (κ2) is 7.77. The summed E-state index contributed by atoms with van der Waals surface area (Å²) in [4.78, 5) is 38.9. The van der Waals surface area contributed by atoms with Crippen molar-refractivity contribution < 1.29 is 14.3 Å². The van der Waals surface area contributed by atoms with Crippen LogP contribution in [0.4, 0.5) is 11.1 Å². The molecule has 9 heteroatoms. The summed E-state index contributed by atoms with van der Waals surface area (Å²) in [7, 11) is 1.39. The molecule has 0 spiro atoms. The average molecular weight is 375 g/mol. The zero-order chi connectivity index (χ0) is 18.7. The number of methoxy groups -OCH3 is 1. The number of rotatable bonds is 4. The minimum Gasteiger partial charge on any atom is -0.469 e. The van der Waals surface area contributed by atoms with Crippen LogP contribution < -0.4 is 5.32 Å². The predicted octanol–water partition coefficient (Wildman–Crippen LogP) is 2.32. The topological polar surface area (TPSA) is 97.3 Å². The van der Waals surface area contributed by atoms with Gasteiger partial charge in [-0.05, 0) is 32.8 Å². The Kier molecular flexibility index (Phi) is 5.46. The number of nitrogens with one attached hydrogen (secondary N) is 1. The smallest absolute Gasteiger partial charge is 0.308 e. The van der Waals surface area contributed by atoms with Crippen molar-refractivity contribution in [1.82, 2.24) is 19.9 Å². The van der Waals surface area contributed by atoms with Gasteiger partial charge in [-0.15, -0.1) is 11.3 Å². The van der Waals surface area contributed by atoms with E-state index in [1.807, 2.05) is 19.9 Å². The number of hydrogen-bond donors (Lipinski definition) is 1. The highest BCUT2D eigenvalue weighted by Gasteiger charge is 2.29. The van der Waals surface area contributed by atoms with E-state index in [0.717, 1.165) is 11.4 Å². The number of anilines is 2. The van der Waals surface area contributed by atoms with Crippen molar-refractivity contribution in [2.24, 2.45) is 5.92 Å². The molecule has 2 aromatic rings. The van der Waals surface area contributed by atoms with Crippen molar-refractivity contribution in [3.05, 3.63) is 28.5 Å². The number of thiazole rings is 1. The van der Waals surface area contributed by atoms with E-state index in [4.69, 9.17) is 4.74 Å². The number of aryl methyl sites for hydroxylation is 2. The third-order valence-corrected chi connectivity index (χ3v) is 5.00. The molecule has 1 fully saturated rings. The van der Waals surface area contributed by atoms with Crippen LogP contribution in [0.15, 0.2) is 11.4 Å². The van der Waals surface area contributed by atoms with Crippen LogP contribution >= 0.6 is 11.3 Å². The maximum Gasteiger partial charge on any atom is 0.308 e. The number of hydrogen-bond acceptors (Lipinski definition) is 8. The summed E-state index contributed by atoms with van der Waals surface area (Å²) in [5.74, 6) is 0.0119. The minimum atomic E-state index is -0.203. The van der Waals surface area contributed by atoms with Gasteiger partial charge in [0.1, 0.15) is 5.69 Å². The van der Waals surface area contributed by atoms with E-state index < -0.39 is 0 Å². The second-order valence-electron chi connectivity index (χ2n) is 6.23. The molecule has 1 amide bonds. The Morgan fingerprint density at radius 2 is 1.85 bits per heavy atom. The lowest BCUT2D eigenvalue weighted by Gasteiger charge is -2.30. The van der Waals surface area contributed by atoms with Crippen molar-refractivity contribution in [3.63, 3.8) is 0 Å². The van der Waals surface area contributed by atoms with Gasteiger partial charge >= 0.3 is 5.97 Å². The number of amides is 1. The molecule has 0 bridgehead atoms. The van der Waals surface area contributed by atoms with Crippen LogP contribution in [0, 0.1) is 19.8 Å². The molecule has 3 rings (SSSR count). The van der Waals surface area contributed by atoms with Crippen molar-refractivity contribution in [1.29, 1.82) is 0 Å². The molecule has 1 N–H and O–H groups in total. The predicted molar refractivity (Wildman–Crippen MR) is 97.5 cm³/mol. The monoisotopic (exact) mass is 375 g/mol. The number of aromatic nitrogens is 3. The second-order valence-corrected chi connectivity index (χ2v) is 7.08. The summed E-state index contributed by atoms with van der Waals surface area (Å²) in [6.45, 7) is 4.85. The molecule has 1 aliphatic rings. The van der Waals surface area contributed by atoms with Crippen molar-refractivity contribution in [3.8, 4) is 0 Å². The van der Waals surface area contributed by atoms with E-state index in [9.17, 15) is 9.59 Å². The molecule has 1 aliphatic heterocycles. The number of carbonyl (C=O) groups is 2. The Morgan fingerprint density at radius 1 is 1.19 bits per heavy atom. The highest BCUT2D eigenvalue weighted by atomic mass is 32.1. The molecule has 2 aromatic heterocycles. The lowest BCUT2D eigenvalue weighted by atomic mass is 9.97. The molecule has 0 radical (unpaired) electrons. The average Bonchev–Trinajstić information content (AvgIpc) is 3.08. The number of likely N-dealkylation sites (tertiary alicyclic amines) is 1. The minimum absolute atomic E-state index is 0.126. The molecule has 26 heavy (non-hydrogen) atoms. The number of carbonyl (C=O) groups excluding carboxylic acids is 2. The van der Waals surface area contributed by atoms with Crippen LogP contribution in [0.2, 0.25) is 0 Å². The van der Waals surface area contributed by atoms with Gasteiger partial charge in [-0.25, -0.2) is 15.0 Å². The molecular weight excluding hydrogens is 354 g/mol. The Hall–Kier alpha value is -2.55. The number of ether oxygens (including phenoxy) is 1. The van der Waals surface area contributed by atoms with Gasteiger partial charge < -0.3 is 15.0 Å². The lowest BCUT2D eigenvalue weighted by molar-refractivity contribution is -0.146. The zero-order valence-corrected chi connectivity index (χ0v) is 15.8. The SMILES string of the molecule is COC(=O)C1CCN(C(=O)c2csc(Nc3nc(C)cc(C)n3)n2)CC1. The first-order chi connectivity index (χ1) is 12.5. The molecule has 0 aliphatic carbocycles. The number of nitrogens with zero attached hydrogens (tertiary/aromatic N) is 4. The Labute approximate surface area is 155 Å². The highest BCUT2D eigenvalue weighted by molar-refractivity contribution is 7.14. The molecular formula is C17H21N5O3S. The van der Waals surface area contributed by atoms with Crippen molar-refractivity contribution >= 4 is 34.3 Å². The van der Waals surface area contributed by atoms with E-state index in [-0.39, 0.29) is 17.8 Å². The van der Waals surface area contributed by atoms with E-state index in [2.05, 4.69) is 20.3 Å². The van der Waals surface area contributed by atoms with Crippen LogP contribution in [-0.2, 0) is 9.53 Å². The summed E-state index contributed by atoms with van der Waals surface area (Å²) in [5, 5.41) is 5.34. The van der Waals surface area contributed by atoms with Gasteiger partial charge in [-0.3, -0.25) is 9.59 Å². The fourth-order valence-corrected chi connectivity index (χ4v) is 3.63. The van der Waals surface area contributed by atoms with E-state index in [1.165, 1.54) is 18.4 Å².